The second-order valence-electron chi connectivity index (χ2n) is 4.47. The number of allylic oxidation sites excluding steroid dienone is 1. The molecule has 2 heterocycles. The zero-order valence-electron chi connectivity index (χ0n) is 10.2. The lowest BCUT2D eigenvalue weighted by molar-refractivity contribution is 0.468. The Morgan fingerprint density at radius 3 is 2.83 bits per heavy atom. The molecule has 1 radical (unpaired) electrons. The minimum Gasteiger partial charge on any atom is -0.280 e. The predicted octanol–water partition coefficient (Wildman–Crippen LogP) is 2.33. The van der Waals surface area contributed by atoms with Crippen molar-refractivity contribution >= 4 is 12.0 Å². The van der Waals surface area contributed by atoms with Crippen molar-refractivity contribution in [3.63, 3.8) is 0 Å². The largest absolute Gasteiger partial charge is 0.280 e. The van der Waals surface area contributed by atoms with Gasteiger partial charge in [0.25, 0.3) is 5.82 Å². The highest BCUT2D eigenvalue weighted by atomic mass is 15.6. The van der Waals surface area contributed by atoms with Gasteiger partial charge in [0, 0.05) is 18.7 Å². The van der Waals surface area contributed by atoms with Crippen LogP contribution >= 0.6 is 0 Å². The van der Waals surface area contributed by atoms with Crippen molar-refractivity contribution in [3.05, 3.63) is 59.9 Å². The van der Waals surface area contributed by atoms with Gasteiger partial charge in [0.1, 0.15) is 13.2 Å². The molecule has 1 aromatic heterocycles. The van der Waals surface area contributed by atoms with Gasteiger partial charge in [-0.05, 0) is 5.56 Å². The standard InChI is InChI=1S/C14H14N4/c1-18(9-5-8-16-18)14-13(11-15-17-14)10-12-6-3-2-4-7-12/h2-7,9,11H,10H2,1H3,(H,15,17)/q+1. The minimum atomic E-state index is 0.325. The Labute approximate surface area is 106 Å². The summed E-state index contributed by atoms with van der Waals surface area (Å²) in [5.41, 5.74) is 2.42. The summed E-state index contributed by atoms with van der Waals surface area (Å²) in [6.07, 6.45) is 9.43. The number of nitrogens with zero attached hydrogens (tertiary/aromatic N) is 3. The highest BCUT2D eigenvalue weighted by molar-refractivity contribution is 5.75. The monoisotopic (exact) mass is 238 g/mol. The first-order valence-electron chi connectivity index (χ1n) is 5.87. The molecule has 0 saturated carbocycles. The summed E-state index contributed by atoms with van der Waals surface area (Å²) in [7, 11) is 1.99. The molecule has 1 atom stereocenters. The van der Waals surface area contributed by atoms with Crippen molar-refractivity contribution in [1.82, 2.24) is 14.8 Å². The van der Waals surface area contributed by atoms with E-state index in [1.807, 2.05) is 43.7 Å². The van der Waals surface area contributed by atoms with Crippen LogP contribution in [0.15, 0.2) is 53.9 Å². The van der Waals surface area contributed by atoms with E-state index < -0.39 is 0 Å². The van der Waals surface area contributed by atoms with Gasteiger partial charge in [-0.1, -0.05) is 35.4 Å². The summed E-state index contributed by atoms with van der Waals surface area (Å²) in [5.74, 6) is 0.917. The topological polar surface area (TPSA) is 41.0 Å². The van der Waals surface area contributed by atoms with Crippen LogP contribution in [-0.4, -0.2) is 23.5 Å². The lowest BCUT2D eigenvalue weighted by Crippen LogP contribution is -2.31. The van der Waals surface area contributed by atoms with Gasteiger partial charge >= 0.3 is 0 Å². The van der Waals surface area contributed by atoms with E-state index >= 15 is 0 Å². The Balaban J connectivity index is 1.93. The van der Waals surface area contributed by atoms with Crippen molar-refractivity contribution in [1.29, 1.82) is 0 Å². The second kappa shape index (κ2) is 4.23. The van der Waals surface area contributed by atoms with Gasteiger partial charge in [-0.2, -0.15) is 0 Å². The van der Waals surface area contributed by atoms with Crippen LogP contribution in [0.3, 0.4) is 0 Å². The van der Waals surface area contributed by atoms with E-state index in [0.717, 1.165) is 17.8 Å². The van der Waals surface area contributed by atoms with Crippen LogP contribution in [0.5, 0.6) is 0 Å². The molecule has 0 spiro atoms. The first-order valence-corrected chi connectivity index (χ1v) is 5.87. The van der Waals surface area contributed by atoms with E-state index in [0.29, 0.717) is 4.59 Å². The smallest absolute Gasteiger partial charge is 0.280 e. The normalized spacial score (nSPS) is 21.6. The van der Waals surface area contributed by atoms with Crippen LogP contribution in [-0.2, 0) is 6.42 Å². The summed E-state index contributed by atoms with van der Waals surface area (Å²) in [6.45, 7) is 0. The number of benzene rings is 1. The van der Waals surface area contributed by atoms with Crippen LogP contribution in [0.4, 0.5) is 5.82 Å². The fraction of sp³-hybridized carbons (Fsp3) is 0.143. The number of hydrogen-bond acceptors (Lipinski definition) is 2. The van der Waals surface area contributed by atoms with Crippen molar-refractivity contribution in [2.45, 2.75) is 6.42 Å². The molecule has 0 bridgehead atoms. The molecule has 2 aromatic rings. The van der Waals surface area contributed by atoms with Gasteiger partial charge in [0.05, 0.1) is 5.56 Å². The molecule has 0 amide bonds. The summed E-state index contributed by atoms with van der Waals surface area (Å²) in [5, 5.41) is 11.6. The van der Waals surface area contributed by atoms with E-state index in [2.05, 4.69) is 33.6 Å². The van der Waals surface area contributed by atoms with Crippen molar-refractivity contribution in [3.8, 4) is 0 Å². The molecular formula is C14H14N4+. The Morgan fingerprint density at radius 1 is 1.28 bits per heavy atom. The summed E-state index contributed by atoms with van der Waals surface area (Å²) in [6, 6.07) is 10.4. The maximum absolute atomic E-state index is 4.33. The van der Waals surface area contributed by atoms with Crippen LogP contribution in [0, 0.1) is 0 Å². The van der Waals surface area contributed by atoms with Gasteiger partial charge in [-0.15, -0.1) is 9.69 Å². The van der Waals surface area contributed by atoms with E-state index in [1.165, 1.54) is 5.56 Å². The average Bonchev–Trinajstić information content (AvgIpc) is 3.00. The maximum Gasteiger partial charge on any atom is 0.280 e. The zero-order chi connectivity index (χ0) is 12.4. The third kappa shape index (κ3) is 1.87. The number of aromatic nitrogens is 2. The number of quaternary nitrogens is 1. The highest BCUT2D eigenvalue weighted by Gasteiger charge is 2.30. The third-order valence-corrected chi connectivity index (χ3v) is 3.07. The second-order valence-corrected chi connectivity index (χ2v) is 4.47. The van der Waals surface area contributed by atoms with Crippen LogP contribution in [0.25, 0.3) is 0 Å². The van der Waals surface area contributed by atoms with Crippen molar-refractivity contribution < 1.29 is 0 Å². The van der Waals surface area contributed by atoms with Crippen molar-refractivity contribution in [2.24, 2.45) is 5.10 Å². The fourth-order valence-corrected chi connectivity index (χ4v) is 2.13. The predicted molar refractivity (Wildman–Crippen MR) is 72.1 cm³/mol. The molecule has 89 valence electrons. The molecule has 3 rings (SSSR count). The van der Waals surface area contributed by atoms with Gasteiger partial charge in [0.2, 0.25) is 0 Å². The molecule has 18 heavy (non-hydrogen) atoms. The first-order chi connectivity index (χ1) is 8.78. The summed E-state index contributed by atoms with van der Waals surface area (Å²) >= 11 is 0. The number of nitrogens with one attached hydrogen (secondary N) is 1. The number of H-pyrrole nitrogens is 1. The lowest BCUT2D eigenvalue weighted by atomic mass is 10.1. The van der Waals surface area contributed by atoms with Gasteiger partial charge < -0.3 is 0 Å². The fourth-order valence-electron chi connectivity index (χ4n) is 2.13. The van der Waals surface area contributed by atoms with Crippen LogP contribution in [0.2, 0.25) is 0 Å². The minimum absolute atomic E-state index is 0.325. The third-order valence-electron chi connectivity index (χ3n) is 3.07. The van der Waals surface area contributed by atoms with Gasteiger partial charge in [-0.3, -0.25) is 5.10 Å². The highest BCUT2D eigenvalue weighted by Crippen LogP contribution is 2.27. The molecule has 1 unspecified atom stereocenters. The molecule has 0 saturated heterocycles. The Bertz CT molecular complexity index is 583. The molecular weight excluding hydrogens is 224 g/mol. The van der Waals surface area contributed by atoms with Gasteiger partial charge in [0.15, 0.2) is 6.21 Å². The SMILES string of the molecule is C[N+]1(c2n[nH]cc2Cc2ccccc2)C=C[C]=N1. The quantitative estimate of drug-likeness (QED) is 0.819. The molecule has 4 nitrogen and oxygen atoms in total. The maximum atomic E-state index is 4.33. The van der Waals surface area contributed by atoms with Crippen molar-refractivity contribution in [2.75, 3.05) is 7.05 Å². The number of rotatable bonds is 3. The van der Waals surface area contributed by atoms with Crippen LogP contribution in [0.1, 0.15) is 11.1 Å². The lowest BCUT2D eigenvalue weighted by Gasteiger charge is -2.17. The van der Waals surface area contributed by atoms with E-state index in [1.54, 1.807) is 0 Å². The van der Waals surface area contributed by atoms with E-state index in [9.17, 15) is 0 Å². The number of hydrogen-bond donors (Lipinski definition) is 1. The summed E-state index contributed by atoms with van der Waals surface area (Å²) in [4.78, 5) is 0. The molecule has 0 fully saturated rings. The molecule has 1 aromatic carbocycles. The Hall–Kier alpha value is -2.20. The molecule has 1 aliphatic heterocycles. The van der Waals surface area contributed by atoms with E-state index in [4.69, 9.17) is 0 Å². The van der Waals surface area contributed by atoms with E-state index in [-0.39, 0.29) is 0 Å². The molecule has 1 aliphatic rings. The first kappa shape index (κ1) is 10.9. The summed E-state index contributed by atoms with van der Waals surface area (Å²) < 4.78 is 0.325. The Kier molecular flexibility index (Phi) is 2.57. The molecule has 1 N–H and O–H groups in total. The average molecular weight is 238 g/mol. The number of aromatic amines is 1. The molecule has 4 heteroatoms. The molecule has 0 aliphatic carbocycles. The van der Waals surface area contributed by atoms with Gasteiger partial charge in [-0.25, -0.2) is 0 Å². The Morgan fingerprint density at radius 2 is 2.11 bits per heavy atom. The van der Waals surface area contributed by atoms with Crippen LogP contribution < -0.4 is 4.59 Å². The zero-order valence-corrected chi connectivity index (χ0v) is 10.2.